The smallest absolute Gasteiger partial charge is 0.235 e. The first-order chi connectivity index (χ1) is 13.5. The normalized spacial score (nSPS) is 14.9. The van der Waals surface area contributed by atoms with Crippen LogP contribution in [0.5, 0.6) is 0 Å². The molecule has 0 saturated heterocycles. The molecular formula is C20H14Cl2N4OS. The number of rotatable bonds is 4. The molecule has 0 atom stereocenters. The third kappa shape index (κ3) is 3.07. The molecule has 5 rings (SSSR count). The number of carbonyl (C=O) groups is 1. The first-order valence-electron chi connectivity index (χ1n) is 8.70. The largest absolute Gasteiger partial charge is 0.337 e. The molecule has 2 aromatic carbocycles. The Bertz CT molecular complexity index is 1180. The van der Waals surface area contributed by atoms with Crippen LogP contribution in [0.1, 0.15) is 18.4 Å². The fourth-order valence-corrected chi connectivity index (χ4v) is 4.45. The number of aromatic nitrogens is 3. The Balaban J connectivity index is 1.42. The lowest BCUT2D eigenvalue weighted by Gasteiger charge is -2.16. The molecular weight excluding hydrogens is 415 g/mol. The molecule has 1 aliphatic carbocycles. The van der Waals surface area contributed by atoms with Crippen LogP contribution in [-0.4, -0.2) is 20.9 Å². The fourth-order valence-electron chi connectivity index (χ4n) is 3.39. The van der Waals surface area contributed by atoms with Crippen molar-refractivity contribution in [2.24, 2.45) is 0 Å². The van der Waals surface area contributed by atoms with Gasteiger partial charge in [-0.25, -0.2) is 9.97 Å². The van der Waals surface area contributed by atoms with Crippen molar-refractivity contribution in [1.82, 2.24) is 15.0 Å². The van der Waals surface area contributed by atoms with Crippen LogP contribution in [0.2, 0.25) is 10.0 Å². The summed E-state index contributed by atoms with van der Waals surface area (Å²) in [4.78, 5) is 25.1. The van der Waals surface area contributed by atoms with Crippen LogP contribution in [-0.2, 0) is 10.2 Å². The molecule has 1 amide bonds. The summed E-state index contributed by atoms with van der Waals surface area (Å²) in [5, 5.41) is 6.04. The van der Waals surface area contributed by atoms with Crippen molar-refractivity contribution in [2.45, 2.75) is 18.3 Å². The average molecular weight is 429 g/mol. The van der Waals surface area contributed by atoms with Crippen molar-refractivity contribution >= 4 is 57.2 Å². The van der Waals surface area contributed by atoms with Crippen molar-refractivity contribution in [1.29, 1.82) is 0 Å². The number of aromatic amines is 1. The third-order valence-corrected chi connectivity index (χ3v) is 6.04. The molecule has 140 valence electrons. The van der Waals surface area contributed by atoms with E-state index in [0.29, 0.717) is 21.6 Å². The van der Waals surface area contributed by atoms with Gasteiger partial charge in [0.2, 0.25) is 5.91 Å². The number of thiazole rings is 1. The highest BCUT2D eigenvalue weighted by atomic mass is 35.5. The highest BCUT2D eigenvalue weighted by molar-refractivity contribution is 7.07. The van der Waals surface area contributed by atoms with Crippen LogP contribution in [0, 0.1) is 0 Å². The van der Waals surface area contributed by atoms with Gasteiger partial charge in [0.05, 0.1) is 22.0 Å². The van der Waals surface area contributed by atoms with Crippen LogP contribution in [0.15, 0.2) is 47.3 Å². The van der Waals surface area contributed by atoms with Gasteiger partial charge in [0, 0.05) is 21.1 Å². The number of halogens is 2. The van der Waals surface area contributed by atoms with Gasteiger partial charge in [0.15, 0.2) is 5.82 Å². The van der Waals surface area contributed by atoms with Crippen molar-refractivity contribution < 1.29 is 4.79 Å². The highest BCUT2D eigenvalue weighted by Crippen LogP contribution is 2.50. The third-order valence-electron chi connectivity index (χ3n) is 5.01. The number of amides is 1. The summed E-state index contributed by atoms with van der Waals surface area (Å²) in [7, 11) is 0. The summed E-state index contributed by atoms with van der Waals surface area (Å²) in [6, 6.07) is 10.9. The van der Waals surface area contributed by atoms with E-state index in [1.807, 2.05) is 35.7 Å². The van der Waals surface area contributed by atoms with Crippen LogP contribution in [0.3, 0.4) is 0 Å². The lowest BCUT2D eigenvalue weighted by molar-refractivity contribution is -0.118. The van der Waals surface area contributed by atoms with Gasteiger partial charge in [-0.3, -0.25) is 4.79 Å². The second kappa shape index (κ2) is 6.58. The average Bonchev–Trinajstić information content (AvgIpc) is 3.10. The first-order valence-corrected chi connectivity index (χ1v) is 10.4. The number of hydrogen-bond acceptors (Lipinski definition) is 4. The zero-order valence-electron chi connectivity index (χ0n) is 14.5. The van der Waals surface area contributed by atoms with Gasteiger partial charge in [-0.15, -0.1) is 11.3 Å². The van der Waals surface area contributed by atoms with E-state index in [-0.39, 0.29) is 5.91 Å². The fraction of sp³-hybridized carbons (Fsp3) is 0.150. The van der Waals surface area contributed by atoms with E-state index in [1.54, 1.807) is 11.6 Å². The number of nitrogens with zero attached hydrogens (tertiary/aromatic N) is 2. The number of carbonyl (C=O) groups excluding carboxylic acids is 1. The SMILES string of the molecule is O=C(Nc1ccc2nc(-c3cscn3)[nH]c2c1)C1(c2cc(Cl)cc(Cl)c2)CC1. The standard InChI is InChI=1S/C20H14Cl2N4OS/c21-12-5-11(6-13(22)7-12)20(3-4-20)19(27)24-14-1-2-15-16(8-14)26-18(25-15)17-9-28-10-23-17/h1-2,5-10H,3-4H2,(H,24,27)(H,25,26). The Labute approximate surface area is 174 Å². The maximum absolute atomic E-state index is 13.0. The summed E-state index contributed by atoms with van der Waals surface area (Å²) in [5.74, 6) is 0.663. The van der Waals surface area contributed by atoms with E-state index >= 15 is 0 Å². The molecule has 0 unspecified atom stereocenters. The maximum Gasteiger partial charge on any atom is 0.235 e. The Morgan fingerprint density at radius 1 is 1.14 bits per heavy atom. The number of fused-ring (bicyclic) bond motifs is 1. The summed E-state index contributed by atoms with van der Waals surface area (Å²) in [6.07, 6.45) is 1.55. The lowest BCUT2D eigenvalue weighted by Crippen LogP contribution is -2.27. The van der Waals surface area contributed by atoms with Gasteiger partial charge in [-0.05, 0) is 54.8 Å². The van der Waals surface area contributed by atoms with Crippen molar-refractivity contribution in [2.75, 3.05) is 5.32 Å². The van der Waals surface area contributed by atoms with Crippen LogP contribution < -0.4 is 5.32 Å². The predicted octanol–water partition coefficient (Wildman–Crippen LogP) is 5.66. The second-order valence-corrected chi connectivity index (χ2v) is 8.48. The van der Waals surface area contributed by atoms with E-state index < -0.39 is 5.41 Å². The number of hydrogen-bond donors (Lipinski definition) is 2. The minimum atomic E-state index is -0.566. The van der Waals surface area contributed by atoms with E-state index in [2.05, 4.69) is 20.3 Å². The Hall–Kier alpha value is -2.41. The van der Waals surface area contributed by atoms with Crippen molar-refractivity contribution in [3.63, 3.8) is 0 Å². The van der Waals surface area contributed by atoms with Crippen LogP contribution >= 0.6 is 34.5 Å². The van der Waals surface area contributed by atoms with E-state index in [9.17, 15) is 4.79 Å². The number of imidazole rings is 1. The molecule has 2 aromatic heterocycles. The molecule has 28 heavy (non-hydrogen) atoms. The topological polar surface area (TPSA) is 70.7 Å². The molecule has 0 bridgehead atoms. The Kier molecular flexibility index (Phi) is 4.16. The molecule has 0 spiro atoms. The van der Waals surface area contributed by atoms with Crippen LogP contribution in [0.25, 0.3) is 22.6 Å². The summed E-state index contributed by atoms with van der Waals surface area (Å²) in [5.41, 5.74) is 5.25. The van der Waals surface area contributed by atoms with Gasteiger partial charge >= 0.3 is 0 Å². The maximum atomic E-state index is 13.0. The zero-order valence-corrected chi connectivity index (χ0v) is 16.8. The highest BCUT2D eigenvalue weighted by Gasteiger charge is 2.51. The van der Waals surface area contributed by atoms with E-state index in [4.69, 9.17) is 23.2 Å². The molecule has 0 aliphatic heterocycles. The molecule has 1 aliphatic rings. The minimum Gasteiger partial charge on any atom is -0.337 e. The quantitative estimate of drug-likeness (QED) is 0.440. The molecule has 1 saturated carbocycles. The summed E-state index contributed by atoms with van der Waals surface area (Å²) < 4.78 is 0. The van der Waals surface area contributed by atoms with E-state index in [1.165, 1.54) is 11.3 Å². The molecule has 2 heterocycles. The second-order valence-electron chi connectivity index (χ2n) is 6.89. The first kappa shape index (κ1) is 17.7. The van der Waals surface area contributed by atoms with Gasteiger partial charge in [-0.2, -0.15) is 0 Å². The predicted molar refractivity (Wildman–Crippen MR) is 113 cm³/mol. The number of anilines is 1. The molecule has 5 nitrogen and oxygen atoms in total. The number of H-pyrrole nitrogens is 1. The van der Waals surface area contributed by atoms with Gasteiger partial charge in [0.25, 0.3) is 0 Å². The van der Waals surface area contributed by atoms with Gasteiger partial charge in [0.1, 0.15) is 5.69 Å². The molecule has 0 radical (unpaired) electrons. The Morgan fingerprint density at radius 2 is 1.93 bits per heavy atom. The van der Waals surface area contributed by atoms with Gasteiger partial charge in [-0.1, -0.05) is 23.2 Å². The van der Waals surface area contributed by atoms with Crippen LogP contribution in [0.4, 0.5) is 5.69 Å². The number of benzene rings is 2. The molecule has 8 heteroatoms. The summed E-state index contributed by atoms with van der Waals surface area (Å²) >= 11 is 13.8. The number of nitrogens with one attached hydrogen (secondary N) is 2. The Morgan fingerprint density at radius 3 is 2.61 bits per heavy atom. The van der Waals surface area contributed by atoms with E-state index in [0.717, 1.165) is 35.1 Å². The monoisotopic (exact) mass is 428 g/mol. The van der Waals surface area contributed by atoms with Gasteiger partial charge < -0.3 is 10.3 Å². The molecule has 1 fully saturated rings. The zero-order chi connectivity index (χ0) is 19.3. The lowest BCUT2D eigenvalue weighted by atomic mass is 9.95. The van der Waals surface area contributed by atoms with Crippen molar-refractivity contribution in [3.05, 3.63) is 62.9 Å². The van der Waals surface area contributed by atoms with Crippen molar-refractivity contribution in [3.8, 4) is 11.5 Å². The molecule has 4 aromatic rings. The molecule has 2 N–H and O–H groups in total. The summed E-state index contributed by atoms with van der Waals surface area (Å²) in [6.45, 7) is 0. The minimum absolute atomic E-state index is 0.0515.